The highest BCUT2D eigenvalue weighted by Crippen LogP contribution is 2.20. The van der Waals surface area contributed by atoms with E-state index < -0.39 is 17.8 Å². The number of carboxylic acids is 1. The monoisotopic (exact) mass is 284 g/mol. The topological polar surface area (TPSA) is 94.0 Å². The molecule has 0 radical (unpaired) electrons. The van der Waals surface area contributed by atoms with Crippen molar-refractivity contribution in [2.75, 3.05) is 0 Å². The number of hydrogen-bond donors (Lipinski definition) is 2. The van der Waals surface area contributed by atoms with Crippen LogP contribution in [0.25, 0.3) is 5.69 Å². The lowest BCUT2D eigenvalue weighted by Crippen LogP contribution is -2.32. The third kappa shape index (κ3) is 3.07. The van der Waals surface area contributed by atoms with Gasteiger partial charge >= 0.3 is 5.97 Å². The molecule has 3 N–H and O–H groups in total. The summed E-state index contributed by atoms with van der Waals surface area (Å²) in [5.74, 6) is -1.57. The van der Waals surface area contributed by atoms with E-state index in [4.69, 9.17) is 22.4 Å². The lowest BCUT2D eigenvalue weighted by Gasteiger charge is -2.03. The van der Waals surface area contributed by atoms with Crippen molar-refractivity contribution >= 4 is 17.6 Å². The second-order valence-electron chi connectivity index (χ2n) is 3.90. The van der Waals surface area contributed by atoms with Gasteiger partial charge in [0.2, 0.25) is 0 Å². The number of carbonyl (C=O) groups is 1. The largest absolute Gasteiger partial charge is 0.480 e. The maximum absolute atomic E-state index is 12.9. The molecule has 0 fully saturated rings. The van der Waals surface area contributed by atoms with Crippen LogP contribution in [0.5, 0.6) is 0 Å². The van der Waals surface area contributed by atoms with Gasteiger partial charge in [0.25, 0.3) is 0 Å². The van der Waals surface area contributed by atoms with E-state index in [9.17, 15) is 9.18 Å². The van der Waals surface area contributed by atoms with E-state index in [1.807, 2.05) is 0 Å². The standard InChI is InChI=1S/C11H10ClFN4O2/c12-8-3-6(13)1-2-10(8)17-5-7(15-16-17)4-9(14)11(18)19/h1-3,5,9H,4,14H2,(H,18,19). The summed E-state index contributed by atoms with van der Waals surface area (Å²) in [7, 11) is 0. The molecule has 0 aliphatic heterocycles. The third-order valence-corrected chi connectivity index (χ3v) is 2.75. The van der Waals surface area contributed by atoms with Crippen molar-refractivity contribution in [3.05, 3.63) is 40.9 Å². The minimum atomic E-state index is -1.12. The minimum Gasteiger partial charge on any atom is -0.480 e. The van der Waals surface area contributed by atoms with Crippen LogP contribution in [0.2, 0.25) is 5.02 Å². The third-order valence-electron chi connectivity index (χ3n) is 2.44. The van der Waals surface area contributed by atoms with Crippen molar-refractivity contribution in [1.82, 2.24) is 15.0 Å². The van der Waals surface area contributed by atoms with E-state index in [1.54, 1.807) is 0 Å². The summed E-state index contributed by atoms with van der Waals surface area (Å²) in [6, 6.07) is 2.80. The summed E-state index contributed by atoms with van der Waals surface area (Å²) in [4.78, 5) is 10.6. The van der Waals surface area contributed by atoms with Crippen molar-refractivity contribution in [3.63, 3.8) is 0 Å². The molecule has 0 spiro atoms. The van der Waals surface area contributed by atoms with Gasteiger partial charge in [-0.25, -0.2) is 9.07 Å². The number of halogens is 2. The van der Waals surface area contributed by atoms with E-state index in [-0.39, 0.29) is 11.4 Å². The van der Waals surface area contributed by atoms with Gasteiger partial charge in [0.15, 0.2) is 0 Å². The molecule has 1 aromatic carbocycles. The number of aromatic nitrogens is 3. The Morgan fingerprint density at radius 2 is 2.32 bits per heavy atom. The summed E-state index contributed by atoms with van der Waals surface area (Å²) < 4.78 is 14.3. The van der Waals surface area contributed by atoms with Gasteiger partial charge in [0.1, 0.15) is 11.9 Å². The molecule has 0 saturated heterocycles. The average molecular weight is 285 g/mol. The molecule has 2 aromatic rings. The number of carboxylic acid groups (broad SMARTS) is 1. The Hall–Kier alpha value is -1.99. The molecule has 1 heterocycles. The maximum Gasteiger partial charge on any atom is 0.320 e. The fourth-order valence-electron chi connectivity index (χ4n) is 1.49. The summed E-state index contributed by atoms with van der Waals surface area (Å²) in [5.41, 5.74) is 6.26. The first-order chi connectivity index (χ1) is 8.97. The average Bonchev–Trinajstić information content (AvgIpc) is 2.77. The van der Waals surface area contributed by atoms with Crippen LogP contribution in [0.4, 0.5) is 4.39 Å². The number of nitrogens with two attached hydrogens (primary N) is 1. The highest BCUT2D eigenvalue weighted by atomic mass is 35.5. The minimum absolute atomic E-state index is 0.0497. The molecular formula is C11H10ClFN4O2. The van der Waals surface area contributed by atoms with E-state index in [0.717, 1.165) is 6.07 Å². The SMILES string of the molecule is NC(Cc1cn(-c2ccc(F)cc2Cl)nn1)C(=O)O. The van der Waals surface area contributed by atoms with E-state index >= 15 is 0 Å². The van der Waals surface area contributed by atoms with Crippen molar-refractivity contribution in [2.24, 2.45) is 5.73 Å². The molecule has 1 atom stereocenters. The molecule has 0 aliphatic carbocycles. The second-order valence-corrected chi connectivity index (χ2v) is 4.31. The number of nitrogens with zero attached hydrogens (tertiary/aromatic N) is 3. The molecule has 0 bridgehead atoms. The number of aliphatic carboxylic acids is 1. The van der Waals surface area contributed by atoms with Crippen LogP contribution in [0.1, 0.15) is 5.69 Å². The van der Waals surface area contributed by atoms with Crippen LogP contribution in [0, 0.1) is 5.82 Å². The van der Waals surface area contributed by atoms with Gasteiger partial charge in [-0.15, -0.1) is 5.10 Å². The Kier molecular flexibility index (Phi) is 3.77. The van der Waals surface area contributed by atoms with Gasteiger partial charge in [-0.3, -0.25) is 4.79 Å². The zero-order valence-corrected chi connectivity index (χ0v) is 10.4. The predicted molar refractivity (Wildman–Crippen MR) is 65.6 cm³/mol. The molecule has 1 unspecified atom stereocenters. The molecule has 1 aromatic heterocycles. The van der Waals surface area contributed by atoms with Crippen molar-refractivity contribution < 1.29 is 14.3 Å². The fourth-order valence-corrected chi connectivity index (χ4v) is 1.74. The molecule has 100 valence electrons. The molecule has 0 aliphatic rings. The van der Waals surface area contributed by atoms with Crippen LogP contribution < -0.4 is 5.73 Å². The van der Waals surface area contributed by atoms with Gasteiger partial charge in [0, 0.05) is 6.42 Å². The van der Waals surface area contributed by atoms with E-state index in [2.05, 4.69) is 10.3 Å². The van der Waals surface area contributed by atoms with Gasteiger partial charge in [-0.05, 0) is 18.2 Å². The number of benzene rings is 1. The van der Waals surface area contributed by atoms with Crippen molar-refractivity contribution in [2.45, 2.75) is 12.5 Å². The van der Waals surface area contributed by atoms with Crippen LogP contribution in [0.3, 0.4) is 0 Å². The van der Waals surface area contributed by atoms with E-state index in [0.29, 0.717) is 11.4 Å². The first-order valence-corrected chi connectivity index (χ1v) is 5.70. The highest BCUT2D eigenvalue weighted by molar-refractivity contribution is 6.32. The van der Waals surface area contributed by atoms with Crippen LogP contribution in [0.15, 0.2) is 24.4 Å². The molecule has 8 heteroatoms. The molecule has 19 heavy (non-hydrogen) atoms. The smallest absolute Gasteiger partial charge is 0.320 e. The first kappa shape index (κ1) is 13.4. The summed E-state index contributed by atoms with van der Waals surface area (Å²) in [5, 5.41) is 16.5. The summed E-state index contributed by atoms with van der Waals surface area (Å²) in [6.45, 7) is 0. The molecular weight excluding hydrogens is 275 g/mol. The van der Waals surface area contributed by atoms with Gasteiger partial charge < -0.3 is 10.8 Å². The predicted octanol–water partition coefficient (Wildman–Crippen LogP) is 1.01. The van der Waals surface area contributed by atoms with Crippen molar-refractivity contribution in [1.29, 1.82) is 0 Å². The highest BCUT2D eigenvalue weighted by Gasteiger charge is 2.15. The van der Waals surface area contributed by atoms with Crippen LogP contribution >= 0.6 is 11.6 Å². The Balaban J connectivity index is 2.23. The summed E-state index contributed by atoms with van der Waals surface area (Å²) in [6.07, 6.45) is 1.55. The lowest BCUT2D eigenvalue weighted by molar-refractivity contribution is -0.138. The summed E-state index contributed by atoms with van der Waals surface area (Å²) >= 11 is 5.88. The second kappa shape index (κ2) is 5.33. The fraction of sp³-hybridized carbons (Fsp3) is 0.182. The quantitative estimate of drug-likeness (QED) is 0.874. The van der Waals surface area contributed by atoms with Crippen LogP contribution in [-0.2, 0) is 11.2 Å². The van der Waals surface area contributed by atoms with Crippen molar-refractivity contribution in [3.8, 4) is 5.69 Å². The maximum atomic E-state index is 12.9. The zero-order chi connectivity index (χ0) is 14.0. The Bertz CT molecular complexity index is 616. The van der Waals surface area contributed by atoms with Gasteiger partial charge in [-0.1, -0.05) is 16.8 Å². The Labute approximate surface area is 112 Å². The van der Waals surface area contributed by atoms with Gasteiger partial charge in [-0.2, -0.15) is 0 Å². The zero-order valence-electron chi connectivity index (χ0n) is 9.62. The Morgan fingerprint density at radius 1 is 1.58 bits per heavy atom. The lowest BCUT2D eigenvalue weighted by atomic mass is 10.2. The first-order valence-electron chi connectivity index (χ1n) is 5.32. The molecule has 2 rings (SSSR count). The molecule has 0 saturated carbocycles. The van der Waals surface area contributed by atoms with Gasteiger partial charge in [0.05, 0.1) is 22.6 Å². The number of rotatable bonds is 4. The van der Waals surface area contributed by atoms with E-state index in [1.165, 1.54) is 23.0 Å². The number of hydrogen-bond acceptors (Lipinski definition) is 4. The molecule has 0 amide bonds. The Morgan fingerprint density at radius 3 is 2.95 bits per heavy atom. The normalized spacial score (nSPS) is 12.4. The molecule has 6 nitrogen and oxygen atoms in total. The van der Waals surface area contributed by atoms with Crippen LogP contribution in [-0.4, -0.2) is 32.1 Å².